The van der Waals surface area contributed by atoms with Crippen molar-refractivity contribution in [3.63, 3.8) is 0 Å². The summed E-state index contributed by atoms with van der Waals surface area (Å²) in [5.74, 6) is 0. The second-order valence-corrected chi connectivity index (χ2v) is 5.09. The Kier molecular flexibility index (Phi) is 3.19. The van der Waals surface area contributed by atoms with Gasteiger partial charge in [-0.3, -0.25) is 0 Å². The van der Waals surface area contributed by atoms with Crippen molar-refractivity contribution in [2.45, 2.75) is 32.7 Å². The average molecular weight is 283 g/mol. The maximum absolute atomic E-state index is 11.5. The Hall–Kier alpha value is -1.03. The minimum atomic E-state index is -0.108. The van der Waals surface area contributed by atoms with Crippen LogP contribution in [0.4, 0.5) is 10.5 Å². The molecule has 1 aliphatic rings. The molecular formula is C12H15BrN2O. The van der Waals surface area contributed by atoms with Gasteiger partial charge in [0.25, 0.3) is 0 Å². The van der Waals surface area contributed by atoms with E-state index in [1.54, 1.807) is 0 Å². The van der Waals surface area contributed by atoms with Crippen molar-refractivity contribution in [2.75, 3.05) is 5.32 Å². The van der Waals surface area contributed by atoms with Crippen LogP contribution in [0.1, 0.15) is 24.0 Å². The van der Waals surface area contributed by atoms with E-state index in [4.69, 9.17) is 0 Å². The maximum atomic E-state index is 11.5. The molecule has 1 aromatic rings. The predicted octanol–water partition coefficient (Wildman–Crippen LogP) is 3.35. The number of hydrogen-bond donors (Lipinski definition) is 2. The van der Waals surface area contributed by atoms with E-state index in [9.17, 15) is 4.79 Å². The Morgan fingerprint density at radius 1 is 1.31 bits per heavy atom. The lowest BCUT2D eigenvalue weighted by Crippen LogP contribution is -2.30. The number of benzene rings is 1. The molecule has 16 heavy (non-hydrogen) atoms. The summed E-state index contributed by atoms with van der Waals surface area (Å²) in [6.45, 7) is 4.03. The normalized spacial score (nSPS) is 14.7. The van der Waals surface area contributed by atoms with Crippen LogP contribution in [-0.4, -0.2) is 12.1 Å². The number of carbonyl (C=O) groups excluding carboxylic acids is 1. The number of carbonyl (C=O) groups is 1. The van der Waals surface area contributed by atoms with E-state index < -0.39 is 0 Å². The van der Waals surface area contributed by atoms with Gasteiger partial charge in [0.2, 0.25) is 0 Å². The molecule has 0 radical (unpaired) electrons. The molecule has 0 heterocycles. The second kappa shape index (κ2) is 4.45. The van der Waals surface area contributed by atoms with Crippen molar-refractivity contribution < 1.29 is 4.79 Å². The number of anilines is 1. The first-order valence-electron chi connectivity index (χ1n) is 5.40. The molecule has 86 valence electrons. The van der Waals surface area contributed by atoms with Crippen LogP contribution in [0, 0.1) is 13.8 Å². The van der Waals surface area contributed by atoms with Gasteiger partial charge in [0.05, 0.1) is 0 Å². The van der Waals surface area contributed by atoms with Crippen LogP contribution in [0.25, 0.3) is 0 Å². The second-order valence-electron chi connectivity index (χ2n) is 4.30. The first-order valence-corrected chi connectivity index (χ1v) is 6.20. The van der Waals surface area contributed by atoms with Crippen molar-refractivity contribution in [1.29, 1.82) is 0 Å². The van der Waals surface area contributed by atoms with Gasteiger partial charge in [0, 0.05) is 16.2 Å². The van der Waals surface area contributed by atoms with Crippen molar-refractivity contribution >= 4 is 27.6 Å². The Morgan fingerprint density at radius 3 is 2.38 bits per heavy atom. The van der Waals surface area contributed by atoms with Gasteiger partial charge in [-0.1, -0.05) is 15.9 Å². The summed E-state index contributed by atoms with van der Waals surface area (Å²) < 4.78 is 1.10. The fraction of sp³-hybridized carbons (Fsp3) is 0.417. The summed E-state index contributed by atoms with van der Waals surface area (Å²) in [7, 11) is 0. The molecule has 2 N–H and O–H groups in total. The van der Waals surface area contributed by atoms with E-state index in [2.05, 4.69) is 26.6 Å². The molecule has 0 spiro atoms. The molecule has 0 unspecified atom stereocenters. The van der Waals surface area contributed by atoms with Crippen LogP contribution in [0.15, 0.2) is 16.6 Å². The summed E-state index contributed by atoms with van der Waals surface area (Å²) >= 11 is 3.50. The van der Waals surface area contributed by atoms with Gasteiger partial charge < -0.3 is 10.6 Å². The molecule has 1 aliphatic carbocycles. The van der Waals surface area contributed by atoms with Crippen molar-refractivity contribution in [2.24, 2.45) is 0 Å². The zero-order valence-corrected chi connectivity index (χ0v) is 11.0. The van der Waals surface area contributed by atoms with Crippen LogP contribution < -0.4 is 10.6 Å². The Labute approximate surface area is 104 Å². The molecule has 2 amide bonds. The van der Waals surface area contributed by atoms with Crippen molar-refractivity contribution in [3.05, 3.63) is 27.7 Å². The number of amides is 2. The molecule has 1 fully saturated rings. The van der Waals surface area contributed by atoms with Gasteiger partial charge in [-0.25, -0.2) is 4.79 Å². The number of aryl methyl sites for hydroxylation is 2. The highest BCUT2D eigenvalue weighted by molar-refractivity contribution is 9.10. The topological polar surface area (TPSA) is 41.1 Å². The van der Waals surface area contributed by atoms with Crippen LogP contribution >= 0.6 is 15.9 Å². The number of hydrogen-bond acceptors (Lipinski definition) is 1. The highest BCUT2D eigenvalue weighted by Gasteiger charge is 2.23. The lowest BCUT2D eigenvalue weighted by atomic mass is 10.1. The number of halogens is 1. The first-order chi connectivity index (χ1) is 7.56. The number of rotatable bonds is 2. The van der Waals surface area contributed by atoms with Crippen molar-refractivity contribution in [3.8, 4) is 0 Å². The molecule has 2 rings (SSSR count). The standard InChI is InChI=1S/C12H15BrN2O/c1-7-5-10(6-8(2)11(7)13)15-12(16)14-9-3-4-9/h5-6,9H,3-4H2,1-2H3,(H2,14,15,16). The largest absolute Gasteiger partial charge is 0.335 e. The molecule has 1 saturated carbocycles. The van der Waals surface area contributed by atoms with Gasteiger partial charge in [-0.2, -0.15) is 0 Å². The van der Waals surface area contributed by atoms with Crippen LogP contribution in [0.2, 0.25) is 0 Å². The maximum Gasteiger partial charge on any atom is 0.319 e. The van der Waals surface area contributed by atoms with Crippen LogP contribution in [0.5, 0.6) is 0 Å². The molecule has 3 nitrogen and oxygen atoms in total. The van der Waals surface area contributed by atoms with Gasteiger partial charge in [-0.15, -0.1) is 0 Å². The van der Waals surface area contributed by atoms with Gasteiger partial charge in [0.15, 0.2) is 0 Å². The smallest absolute Gasteiger partial charge is 0.319 e. The minimum Gasteiger partial charge on any atom is -0.335 e. The molecule has 0 atom stereocenters. The van der Waals surface area contributed by atoms with E-state index >= 15 is 0 Å². The number of nitrogens with one attached hydrogen (secondary N) is 2. The monoisotopic (exact) mass is 282 g/mol. The molecule has 0 bridgehead atoms. The molecule has 4 heteroatoms. The van der Waals surface area contributed by atoms with Crippen LogP contribution in [-0.2, 0) is 0 Å². The molecule has 0 saturated heterocycles. The molecule has 0 aliphatic heterocycles. The van der Waals surface area contributed by atoms with E-state index in [0.29, 0.717) is 6.04 Å². The van der Waals surface area contributed by atoms with Gasteiger partial charge >= 0.3 is 6.03 Å². The third kappa shape index (κ3) is 2.76. The van der Waals surface area contributed by atoms with E-state index in [-0.39, 0.29) is 6.03 Å². The number of urea groups is 1. The zero-order chi connectivity index (χ0) is 11.7. The summed E-state index contributed by atoms with van der Waals surface area (Å²) in [6.07, 6.45) is 2.21. The summed E-state index contributed by atoms with van der Waals surface area (Å²) in [5.41, 5.74) is 3.10. The van der Waals surface area contributed by atoms with E-state index in [1.165, 1.54) is 0 Å². The highest BCUT2D eigenvalue weighted by atomic mass is 79.9. The molecule has 0 aromatic heterocycles. The summed E-state index contributed by atoms with van der Waals surface area (Å²) in [4.78, 5) is 11.5. The quantitative estimate of drug-likeness (QED) is 0.858. The predicted molar refractivity (Wildman–Crippen MR) is 68.8 cm³/mol. The SMILES string of the molecule is Cc1cc(NC(=O)NC2CC2)cc(C)c1Br. The lowest BCUT2D eigenvalue weighted by molar-refractivity contribution is 0.251. The fourth-order valence-corrected chi connectivity index (χ4v) is 1.83. The molecular weight excluding hydrogens is 268 g/mol. The summed E-state index contributed by atoms with van der Waals surface area (Å²) in [5, 5.41) is 5.75. The van der Waals surface area contributed by atoms with E-state index in [1.807, 2.05) is 26.0 Å². The Morgan fingerprint density at radius 2 is 1.88 bits per heavy atom. The third-order valence-corrected chi connectivity index (χ3v) is 3.86. The highest BCUT2D eigenvalue weighted by Crippen LogP contribution is 2.25. The lowest BCUT2D eigenvalue weighted by Gasteiger charge is -2.10. The average Bonchev–Trinajstić information content (AvgIpc) is 2.97. The van der Waals surface area contributed by atoms with E-state index in [0.717, 1.165) is 34.1 Å². The minimum absolute atomic E-state index is 0.108. The van der Waals surface area contributed by atoms with Crippen molar-refractivity contribution in [1.82, 2.24) is 5.32 Å². The zero-order valence-electron chi connectivity index (χ0n) is 9.43. The Balaban J connectivity index is 2.05. The Bertz CT molecular complexity index is 404. The summed E-state index contributed by atoms with van der Waals surface area (Å²) in [6, 6.07) is 4.20. The third-order valence-electron chi connectivity index (χ3n) is 2.61. The molecule has 1 aromatic carbocycles. The van der Waals surface area contributed by atoms with Gasteiger partial charge in [0.1, 0.15) is 0 Å². The van der Waals surface area contributed by atoms with Gasteiger partial charge in [-0.05, 0) is 49.9 Å². The van der Waals surface area contributed by atoms with Crippen LogP contribution in [0.3, 0.4) is 0 Å². The first kappa shape index (κ1) is 11.5. The fourth-order valence-electron chi connectivity index (χ4n) is 1.60.